The quantitative estimate of drug-likeness (QED) is 0.159. The van der Waals surface area contributed by atoms with Gasteiger partial charge in [0.05, 0.1) is 25.0 Å². The van der Waals surface area contributed by atoms with Gasteiger partial charge < -0.3 is 19.7 Å². The average Bonchev–Trinajstić information content (AvgIpc) is 2.97. The van der Waals surface area contributed by atoms with E-state index in [1.165, 1.54) is 0 Å². The largest absolute Gasteiger partial charge is 0.508 e. The minimum atomic E-state index is -0.680. The summed E-state index contributed by atoms with van der Waals surface area (Å²) in [5.41, 5.74) is 3.04. The highest BCUT2D eigenvalue weighted by Crippen LogP contribution is 2.43. The molecule has 5 heteroatoms. The maximum absolute atomic E-state index is 14.9. The third-order valence-corrected chi connectivity index (χ3v) is 6.96. The predicted molar refractivity (Wildman–Crippen MR) is 159 cm³/mol. The summed E-state index contributed by atoms with van der Waals surface area (Å²) in [4.78, 5) is 14.9. The number of hydrogen-bond donors (Lipinski definition) is 2. The zero-order valence-corrected chi connectivity index (χ0v) is 23.3. The number of Topliss-reactive ketones (excluding diaryl/α,β-unsaturated/α-hetero) is 1. The SMILES string of the molecule is CCCCOc1cc(O)ccc1C(C(=O)C(c1ccccc1)c1ccc(O)cc1OCCCC)c1ccccc1. The van der Waals surface area contributed by atoms with E-state index in [4.69, 9.17) is 9.47 Å². The molecule has 4 aromatic rings. The lowest BCUT2D eigenvalue weighted by Crippen LogP contribution is -2.24. The number of benzene rings is 4. The second-order valence-electron chi connectivity index (χ2n) is 9.94. The first-order valence-electron chi connectivity index (χ1n) is 14.1. The zero-order chi connectivity index (χ0) is 28.3. The van der Waals surface area contributed by atoms with Crippen molar-refractivity contribution in [2.45, 2.75) is 51.4 Å². The van der Waals surface area contributed by atoms with Crippen molar-refractivity contribution < 1.29 is 24.5 Å². The van der Waals surface area contributed by atoms with Gasteiger partial charge in [0.2, 0.25) is 0 Å². The van der Waals surface area contributed by atoms with Crippen LogP contribution in [-0.2, 0) is 4.79 Å². The van der Waals surface area contributed by atoms with Gasteiger partial charge in [-0.1, -0.05) is 99.5 Å². The maximum Gasteiger partial charge on any atom is 0.156 e. The van der Waals surface area contributed by atoms with Crippen LogP contribution in [0.2, 0.25) is 0 Å². The van der Waals surface area contributed by atoms with Crippen LogP contribution in [0.4, 0.5) is 0 Å². The van der Waals surface area contributed by atoms with Gasteiger partial charge in [0, 0.05) is 23.3 Å². The molecule has 0 saturated heterocycles. The van der Waals surface area contributed by atoms with Crippen LogP contribution in [0.1, 0.15) is 73.6 Å². The Kier molecular flexibility index (Phi) is 10.2. The standard InChI is InChI=1S/C35H38O5/c1-3-5-21-39-31-23-27(36)17-19-29(31)33(25-13-9-7-10-14-25)35(38)34(26-15-11-8-12-16-26)30-20-18-28(37)24-32(30)40-22-6-4-2/h7-20,23-24,33-34,36-37H,3-6,21-22H2,1-2H3. The number of carbonyl (C=O) groups excluding carboxylic acids is 1. The minimum absolute atomic E-state index is 0.0607. The van der Waals surface area contributed by atoms with E-state index in [0.717, 1.165) is 36.8 Å². The van der Waals surface area contributed by atoms with Crippen molar-refractivity contribution in [3.8, 4) is 23.0 Å². The molecule has 2 unspecified atom stereocenters. The van der Waals surface area contributed by atoms with Crippen molar-refractivity contribution in [1.82, 2.24) is 0 Å². The maximum atomic E-state index is 14.9. The lowest BCUT2D eigenvalue weighted by Gasteiger charge is -2.27. The molecule has 0 aliphatic rings. The molecule has 0 amide bonds. The van der Waals surface area contributed by atoms with Crippen LogP contribution in [0.15, 0.2) is 97.1 Å². The summed E-state index contributed by atoms with van der Waals surface area (Å²) >= 11 is 0. The summed E-state index contributed by atoms with van der Waals surface area (Å²) in [6.45, 7) is 5.15. The highest BCUT2D eigenvalue weighted by molar-refractivity contribution is 5.98. The topological polar surface area (TPSA) is 76.0 Å². The molecule has 0 aliphatic carbocycles. The summed E-state index contributed by atoms with van der Waals surface area (Å²) in [5, 5.41) is 20.6. The first-order chi connectivity index (χ1) is 19.5. The Hall–Kier alpha value is -4.25. The second kappa shape index (κ2) is 14.2. The van der Waals surface area contributed by atoms with E-state index < -0.39 is 11.8 Å². The number of ether oxygens (including phenoxy) is 2. The summed E-state index contributed by atoms with van der Waals surface area (Å²) in [5.74, 6) is -0.268. The molecule has 40 heavy (non-hydrogen) atoms. The number of phenolic OH excluding ortho intramolecular Hbond substituents is 2. The number of rotatable bonds is 14. The molecule has 0 heterocycles. The molecule has 0 radical (unpaired) electrons. The van der Waals surface area contributed by atoms with E-state index in [-0.39, 0.29) is 17.3 Å². The van der Waals surface area contributed by atoms with E-state index in [9.17, 15) is 15.0 Å². The third-order valence-electron chi connectivity index (χ3n) is 6.96. The van der Waals surface area contributed by atoms with Crippen LogP contribution in [0.25, 0.3) is 0 Å². The van der Waals surface area contributed by atoms with Crippen LogP contribution in [0.3, 0.4) is 0 Å². The summed E-state index contributed by atoms with van der Waals surface area (Å²) in [6.07, 6.45) is 3.65. The fraction of sp³-hybridized carbons (Fsp3) is 0.286. The lowest BCUT2D eigenvalue weighted by molar-refractivity contribution is -0.120. The third kappa shape index (κ3) is 7.03. The average molecular weight is 539 g/mol. The summed E-state index contributed by atoms with van der Waals surface area (Å²) in [6, 6.07) is 29.3. The second-order valence-corrected chi connectivity index (χ2v) is 9.94. The first-order valence-corrected chi connectivity index (χ1v) is 14.1. The smallest absolute Gasteiger partial charge is 0.156 e. The highest BCUT2D eigenvalue weighted by atomic mass is 16.5. The molecule has 0 aliphatic heterocycles. The molecule has 0 saturated carbocycles. The molecule has 4 aromatic carbocycles. The predicted octanol–water partition coefficient (Wildman–Crippen LogP) is 7.99. The van der Waals surface area contributed by atoms with Gasteiger partial charge in [-0.15, -0.1) is 0 Å². The monoisotopic (exact) mass is 538 g/mol. The Labute approximate surface area is 237 Å². The van der Waals surface area contributed by atoms with Crippen LogP contribution in [0, 0.1) is 0 Å². The fourth-order valence-corrected chi connectivity index (χ4v) is 4.88. The van der Waals surface area contributed by atoms with Crippen LogP contribution >= 0.6 is 0 Å². The van der Waals surface area contributed by atoms with Gasteiger partial charge >= 0.3 is 0 Å². The van der Waals surface area contributed by atoms with Crippen LogP contribution < -0.4 is 9.47 Å². The molecule has 0 bridgehead atoms. The molecule has 4 rings (SSSR count). The van der Waals surface area contributed by atoms with E-state index in [2.05, 4.69) is 13.8 Å². The molecule has 0 aromatic heterocycles. The molecule has 0 fully saturated rings. The number of carbonyl (C=O) groups is 1. The Bertz CT molecular complexity index is 1260. The van der Waals surface area contributed by atoms with Crippen molar-refractivity contribution in [2.24, 2.45) is 0 Å². The number of hydrogen-bond acceptors (Lipinski definition) is 5. The van der Waals surface area contributed by atoms with Gasteiger partial charge in [0.15, 0.2) is 5.78 Å². The van der Waals surface area contributed by atoms with Gasteiger partial charge in [-0.3, -0.25) is 4.79 Å². The molecule has 2 atom stereocenters. The van der Waals surface area contributed by atoms with Crippen molar-refractivity contribution in [2.75, 3.05) is 13.2 Å². The number of phenols is 2. The van der Waals surface area contributed by atoms with Crippen molar-refractivity contribution in [1.29, 1.82) is 0 Å². The highest BCUT2D eigenvalue weighted by Gasteiger charge is 2.35. The van der Waals surface area contributed by atoms with Gasteiger partial charge in [0.25, 0.3) is 0 Å². The molecule has 5 nitrogen and oxygen atoms in total. The Morgan fingerprint density at radius 2 is 1.02 bits per heavy atom. The molecular formula is C35H38O5. The van der Waals surface area contributed by atoms with E-state index in [1.807, 2.05) is 60.7 Å². The summed E-state index contributed by atoms with van der Waals surface area (Å²) < 4.78 is 12.3. The fourth-order valence-electron chi connectivity index (χ4n) is 4.88. The van der Waals surface area contributed by atoms with Gasteiger partial charge in [-0.25, -0.2) is 0 Å². The van der Waals surface area contributed by atoms with Gasteiger partial charge in [-0.2, -0.15) is 0 Å². The Morgan fingerprint density at radius 3 is 1.40 bits per heavy atom. The van der Waals surface area contributed by atoms with Crippen molar-refractivity contribution in [3.63, 3.8) is 0 Å². The normalized spacial score (nSPS) is 12.4. The van der Waals surface area contributed by atoms with Gasteiger partial charge in [0.1, 0.15) is 23.0 Å². The molecule has 208 valence electrons. The van der Waals surface area contributed by atoms with Crippen molar-refractivity contribution in [3.05, 3.63) is 119 Å². The van der Waals surface area contributed by atoms with Gasteiger partial charge in [-0.05, 0) is 36.1 Å². The molecular weight excluding hydrogens is 500 g/mol. The lowest BCUT2D eigenvalue weighted by atomic mass is 9.76. The Morgan fingerprint density at radius 1 is 0.625 bits per heavy atom. The number of ketones is 1. The summed E-state index contributed by atoms with van der Waals surface area (Å²) in [7, 11) is 0. The number of aromatic hydroxyl groups is 2. The van der Waals surface area contributed by atoms with Crippen LogP contribution in [-0.4, -0.2) is 29.2 Å². The Balaban J connectivity index is 1.89. The number of unbranched alkanes of at least 4 members (excludes halogenated alkanes) is 2. The van der Waals surface area contributed by atoms with Crippen molar-refractivity contribution >= 4 is 5.78 Å². The van der Waals surface area contributed by atoms with E-state index >= 15 is 0 Å². The molecule has 2 N–H and O–H groups in total. The minimum Gasteiger partial charge on any atom is -0.508 e. The van der Waals surface area contributed by atoms with Crippen LogP contribution in [0.5, 0.6) is 23.0 Å². The zero-order valence-electron chi connectivity index (χ0n) is 23.3. The van der Waals surface area contributed by atoms with E-state index in [1.54, 1.807) is 36.4 Å². The first kappa shape index (κ1) is 28.8. The molecule has 0 spiro atoms. The van der Waals surface area contributed by atoms with E-state index in [0.29, 0.717) is 35.8 Å².